The number of benzene rings is 1. The molecule has 2 unspecified atom stereocenters. The number of likely N-dealkylation sites (N-methyl/N-ethyl adjacent to an activating group) is 1. The van der Waals surface area contributed by atoms with Crippen LogP contribution in [0, 0.1) is 0 Å². The molecular formula is C16H23N3S. The molecule has 108 valence electrons. The summed E-state index contributed by atoms with van der Waals surface area (Å²) in [6.45, 7) is 3.17. The highest BCUT2D eigenvalue weighted by Crippen LogP contribution is 2.34. The van der Waals surface area contributed by atoms with E-state index in [1.165, 1.54) is 31.4 Å². The summed E-state index contributed by atoms with van der Waals surface area (Å²) < 4.78 is 0. The largest absolute Gasteiger partial charge is 0.363 e. The Kier molecular flexibility index (Phi) is 4.63. The van der Waals surface area contributed by atoms with E-state index in [-0.39, 0.29) is 0 Å². The van der Waals surface area contributed by atoms with Gasteiger partial charge in [0.2, 0.25) is 0 Å². The van der Waals surface area contributed by atoms with Crippen LogP contribution in [0.3, 0.4) is 0 Å². The molecule has 2 atom stereocenters. The van der Waals surface area contributed by atoms with E-state index in [0.717, 1.165) is 18.3 Å². The zero-order valence-corrected chi connectivity index (χ0v) is 12.9. The highest BCUT2D eigenvalue weighted by atomic mass is 32.2. The Labute approximate surface area is 125 Å². The molecule has 2 aliphatic heterocycles. The van der Waals surface area contributed by atoms with Crippen LogP contribution in [-0.2, 0) is 0 Å². The van der Waals surface area contributed by atoms with E-state index in [1.54, 1.807) is 0 Å². The standard InChI is InChI=1S/C16H23N3S/c1-19-10-6-5-9-14(19)11-17-16-18-12-15(20-16)13-7-3-2-4-8-13/h2-4,7-8,14-15H,5-6,9-12H2,1H3,(H,17,18). The first kappa shape index (κ1) is 14.0. The SMILES string of the molecule is CN1CCCCC1CNC1=NCC(c2ccccc2)S1. The van der Waals surface area contributed by atoms with Crippen molar-refractivity contribution in [3.63, 3.8) is 0 Å². The third-order valence-electron chi connectivity index (χ3n) is 4.24. The van der Waals surface area contributed by atoms with E-state index in [9.17, 15) is 0 Å². The van der Waals surface area contributed by atoms with Crippen LogP contribution in [-0.4, -0.2) is 42.8 Å². The van der Waals surface area contributed by atoms with Gasteiger partial charge in [-0.2, -0.15) is 0 Å². The quantitative estimate of drug-likeness (QED) is 0.927. The number of hydrogen-bond donors (Lipinski definition) is 1. The lowest BCUT2D eigenvalue weighted by Crippen LogP contribution is -2.43. The first-order chi connectivity index (χ1) is 9.83. The van der Waals surface area contributed by atoms with Crippen molar-refractivity contribution in [2.75, 3.05) is 26.7 Å². The molecule has 2 heterocycles. The molecule has 1 aromatic carbocycles. The van der Waals surface area contributed by atoms with Crippen molar-refractivity contribution in [1.82, 2.24) is 10.2 Å². The predicted octanol–water partition coefficient (Wildman–Crippen LogP) is 2.90. The molecule has 0 saturated carbocycles. The van der Waals surface area contributed by atoms with Crippen molar-refractivity contribution >= 4 is 16.9 Å². The Morgan fingerprint density at radius 2 is 2.15 bits per heavy atom. The number of nitrogens with zero attached hydrogens (tertiary/aromatic N) is 2. The Morgan fingerprint density at radius 3 is 2.95 bits per heavy atom. The molecular weight excluding hydrogens is 266 g/mol. The van der Waals surface area contributed by atoms with Gasteiger partial charge in [0, 0.05) is 12.6 Å². The van der Waals surface area contributed by atoms with E-state index in [4.69, 9.17) is 0 Å². The lowest BCUT2D eigenvalue weighted by atomic mass is 10.0. The second-order valence-corrected chi connectivity index (χ2v) is 6.87. The lowest BCUT2D eigenvalue weighted by Gasteiger charge is -2.32. The van der Waals surface area contributed by atoms with Crippen LogP contribution >= 0.6 is 11.8 Å². The Hall–Kier alpha value is -1.00. The summed E-state index contributed by atoms with van der Waals surface area (Å²) in [6, 6.07) is 11.4. The highest BCUT2D eigenvalue weighted by Gasteiger charge is 2.23. The number of nitrogens with one attached hydrogen (secondary N) is 1. The number of rotatable bonds is 3. The molecule has 0 radical (unpaired) electrons. The summed E-state index contributed by atoms with van der Waals surface area (Å²) in [6.07, 6.45) is 4.02. The normalized spacial score (nSPS) is 27.4. The second kappa shape index (κ2) is 6.64. The van der Waals surface area contributed by atoms with E-state index in [0.29, 0.717) is 11.3 Å². The Balaban J connectivity index is 1.48. The molecule has 0 spiro atoms. The van der Waals surface area contributed by atoms with Crippen LogP contribution < -0.4 is 5.32 Å². The van der Waals surface area contributed by atoms with Crippen LogP contribution in [0.25, 0.3) is 0 Å². The number of piperidine rings is 1. The topological polar surface area (TPSA) is 27.6 Å². The van der Waals surface area contributed by atoms with Crippen LogP contribution in [0.2, 0.25) is 0 Å². The molecule has 0 amide bonds. The summed E-state index contributed by atoms with van der Waals surface area (Å²) in [5.41, 5.74) is 1.38. The highest BCUT2D eigenvalue weighted by molar-refractivity contribution is 8.14. The maximum Gasteiger partial charge on any atom is 0.157 e. The summed E-state index contributed by atoms with van der Waals surface area (Å²) in [5.74, 6) is 0. The molecule has 0 aromatic heterocycles. The van der Waals surface area contributed by atoms with Crippen LogP contribution in [0.15, 0.2) is 35.3 Å². The van der Waals surface area contributed by atoms with Gasteiger partial charge in [0.15, 0.2) is 5.17 Å². The maximum absolute atomic E-state index is 4.65. The molecule has 0 bridgehead atoms. The monoisotopic (exact) mass is 289 g/mol. The third-order valence-corrected chi connectivity index (χ3v) is 5.44. The predicted molar refractivity (Wildman–Crippen MR) is 87.3 cm³/mol. The smallest absolute Gasteiger partial charge is 0.157 e. The van der Waals surface area contributed by atoms with Gasteiger partial charge >= 0.3 is 0 Å². The van der Waals surface area contributed by atoms with Gasteiger partial charge in [-0.1, -0.05) is 48.5 Å². The minimum Gasteiger partial charge on any atom is -0.363 e. The number of aliphatic imine (C=N–C) groups is 1. The summed E-state index contributed by atoms with van der Waals surface area (Å²) in [5, 5.41) is 5.16. The van der Waals surface area contributed by atoms with Gasteiger partial charge in [-0.3, -0.25) is 4.99 Å². The van der Waals surface area contributed by atoms with Gasteiger partial charge < -0.3 is 10.2 Å². The molecule has 2 aliphatic rings. The first-order valence-electron chi connectivity index (χ1n) is 7.53. The molecule has 20 heavy (non-hydrogen) atoms. The van der Waals surface area contributed by atoms with E-state index < -0.39 is 0 Å². The first-order valence-corrected chi connectivity index (χ1v) is 8.41. The molecule has 4 heteroatoms. The fraction of sp³-hybridized carbons (Fsp3) is 0.562. The average Bonchev–Trinajstić information content (AvgIpc) is 2.96. The van der Waals surface area contributed by atoms with E-state index >= 15 is 0 Å². The second-order valence-electron chi connectivity index (χ2n) is 5.67. The minimum absolute atomic E-state index is 0.489. The maximum atomic E-state index is 4.65. The van der Waals surface area contributed by atoms with Gasteiger partial charge in [-0.25, -0.2) is 0 Å². The van der Waals surface area contributed by atoms with Crippen LogP contribution in [0.1, 0.15) is 30.1 Å². The molecule has 1 fully saturated rings. The average molecular weight is 289 g/mol. The molecule has 1 aromatic rings. The van der Waals surface area contributed by atoms with Gasteiger partial charge in [-0.05, 0) is 32.0 Å². The van der Waals surface area contributed by atoms with Crippen molar-refractivity contribution in [1.29, 1.82) is 0 Å². The molecule has 1 saturated heterocycles. The third kappa shape index (κ3) is 3.36. The van der Waals surface area contributed by atoms with E-state index in [2.05, 4.69) is 52.6 Å². The van der Waals surface area contributed by atoms with Crippen molar-refractivity contribution in [3.8, 4) is 0 Å². The molecule has 1 N–H and O–H groups in total. The van der Waals surface area contributed by atoms with Crippen LogP contribution in [0.4, 0.5) is 0 Å². The number of amidine groups is 1. The molecule has 0 aliphatic carbocycles. The van der Waals surface area contributed by atoms with Gasteiger partial charge in [-0.15, -0.1) is 0 Å². The van der Waals surface area contributed by atoms with Crippen molar-refractivity contribution in [2.24, 2.45) is 4.99 Å². The van der Waals surface area contributed by atoms with Crippen LogP contribution in [0.5, 0.6) is 0 Å². The number of hydrogen-bond acceptors (Lipinski definition) is 4. The Morgan fingerprint density at radius 1 is 1.30 bits per heavy atom. The molecule has 3 nitrogen and oxygen atoms in total. The number of likely N-dealkylation sites (tertiary alicyclic amines) is 1. The Bertz CT molecular complexity index is 460. The van der Waals surface area contributed by atoms with E-state index in [1.807, 2.05) is 11.8 Å². The summed E-state index contributed by atoms with van der Waals surface area (Å²) in [7, 11) is 2.24. The fourth-order valence-electron chi connectivity index (χ4n) is 2.92. The zero-order chi connectivity index (χ0) is 13.8. The summed E-state index contributed by atoms with van der Waals surface area (Å²) >= 11 is 1.87. The lowest BCUT2D eigenvalue weighted by molar-refractivity contribution is 0.187. The zero-order valence-electron chi connectivity index (χ0n) is 12.1. The van der Waals surface area contributed by atoms with Crippen molar-refractivity contribution in [3.05, 3.63) is 35.9 Å². The summed E-state index contributed by atoms with van der Waals surface area (Å²) in [4.78, 5) is 7.13. The van der Waals surface area contributed by atoms with Crippen molar-refractivity contribution < 1.29 is 0 Å². The van der Waals surface area contributed by atoms with Gasteiger partial charge in [0.05, 0.1) is 11.8 Å². The van der Waals surface area contributed by atoms with Crippen molar-refractivity contribution in [2.45, 2.75) is 30.6 Å². The minimum atomic E-state index is 0.489. The van der Waals surface area contributed by atoms with Gasteiger partial charge in [0.25, 0.3) is 0 Å². The molecule has 3 rings (SSSR count). The number of thioether (sulfide) groups is 1. The van der Waals surface area contributed by atoms with Gasteiger partial charge in [0.1, 0.15) is 0 Å². The fourth-order valence-corrected chi connectivity index (χ4v) is 3.95.